The Kier molecular flexibility index (Phi) is 13.4. The number of allylic oxidation sites excluding steroid dienone is 4. The van der Waals surface area contributed by atoms with Crippen molar-refractivity contribution in [2.24, 2.45) is 0 Å². The van der Waals surface area contributed by atoms with E-state index in [1.54, 1.807) is 36.8 Å². The maximum absolute atomic E-state index is 13.0. The van der Waals surface area contributed by atoms with Crippen molar-refractivity contribution in [3.8, 4) is 45.3 Å². The molecule has 0 bridgehead atoms. The van der Waals surface area contributed by atoms with Gasteiger partial charge in [0.1, 0.15) is 28.6 Å². The van der Waals surface area contributed by atoms with Crippen molar-refractivity contribution < 1.29 is 34.0 Å². The first-order valence-corrected chi connectivity index (χ1v) is 19.8. The molecule has 0 saturated carbocycles. The number of hydrogen-bond donors (Lipinski definition) is 0. The summed E-state index contributed by atoms with van der Waals surface area (Å²) in [4.78, 5) is 26.0. The molecule has 6 heterocycles. The number of benzene rings is 4. The van der Waals surface area contributed by atoms with E-state index in [0.29, 0.717) is 27.9 Å². The van der Waals surface area contributed by atoms with Crippen LogP contribution in [0.2, 0.25) is 0 Å². The fraction of sp³-hybridized carbons (Fsp3) is 0.0943. The third-order valence-electron chi connectivity index (χ3n) is 10.2. The fourth-order valence-electron chi connectivity index (χ4n) is 6.92. The van der Waals surface area contributed by atoms with Crippen molar-refractivity contribution in [3.05, 3.63) is 222 Å². The van der Waals surface area contributed by atoms with E-state index >= 15 is 0 Å². The van der Waals surface area contributed by atoms with E-state index in [4.69, 9.17) is 13.9 Å². The van der Waals surface area contributed by atoms with Crippen molar-refractivity contribution in [1.29, 1.82) is 0 Å². The quantitative estimate of drug-likeness (QED) is 0.121. The van der Waals surface area contributed by atoms with Gasteiger partial charge in [-0.3, -0.25) is 14.8 Å². The topological polar surface area (TPSA) is 87.3 Å². The summed E-state index contributed by atoms with van der Waals surface area (Å²) in [7, 11) is 0. The minimum atomic E-state index is -0.0140. The van der Waals surface area contributed by atoms with Crippen LogP contribution in [-0.2, 0) is 32.9 Å². The first kappa shape index (κ1) is 42.1. The van der Waals surface area contributed by atoms with Crippen LogP contribution < -0.4 is 14.9 Å². The van der Waals surface area contributed by atoms with E-state index in [0.717, 1.165) is 75.2 Å². The summed E-state index contributed by atoms with van der Waals surface area (Å²) in [6, 6.07) is 42.4. The average Bonchev–Trinajstić information content (AvgIpc) is 3.32. The molecule has 4 aromatic carbocycles. The molecule has 303 valence electrons. The predicted molar refractivity (Wildman–Crippen MR) is 241 cm³/mol. The van der Waals surface area contributed by atoms with Crippen LogP contribution >= 0.6 is 0 Å². The Morgan fingerprint density at radius 1 is 0.623 bits per heavy atom. The van der Waals surface area contributed by atoms with E-state index in [2.05, 4.69) is 60.2 Å². The molecular formula is C53H42IrN3O4-. The number of nitrogens with zero attached hydrogens (tertiary/aromatic N) is 3. The van der Waals surface area contributed by atoms with Crippen LogP contribution in [0.1, 0.15) is 36.5 Å². The van der Waals surface area contributed by atoms with E-state index < -0.39 is 0 Å². The van der Waals surface area contributed by atoms with Crippen LogP contribution in [0.4, 0.5) is 0 Å². The zero-order valence-electron chi connectivity index (χ0n) is 33.8. The van der Waals surface area contributed by atoms with E-state index in [1.807, 2.05) is 115 Å². The molecule has 0 spiro atoms. The van der Waals surface area contributed by atoms with Gasteiger partial charge in [-0.1, -0.05) is 57.3 Å². The van der Waals surface area contributed by atoms with Gasteiger partial charge in [-0.2, -0.15) is 0 Å². The zero-order valence-corrected chi connectivity index (χ0v) is 36.2. The van der Waals surface area contributed by atoms with Gasteiger partial charge in [0, 0.05) is 49.8 Å². The summed E-state index contributed by atoms with van der Waals surface area (Å²) in [6.07, 6.45) is 14.6. The largest absolute Gasteiger partial charge is 0.500 e. The molecule has 0 saturated heterocycles. The van der Waals surface area contributed by atoms with Crippen LogP contribution in [0.5, 0.6) is 11.5 Å². The Labute approximate surface area is 368 Å². The van der Waals surface area contributed by atoms with E-state index in [-0.39, 0.29) is 25.5 Å². The Hall–Kier alpha value is -6.99. The van der Waals surface area contributed by atoms with Crippen molar-refractivity contribution in [3.63, 3.8) is 0 Å². The minimum absolute atomic E-state index is 0. The zero-order chi connectivity index (χ0) is 41.4. The number of rotatable bonds is 6. The monoisotopic (exact) mass is 977 g/mol. The Bertz CT molecular complexity index is 2850. The molecule has 2 aliphatic rings. The van der Waals surface area contributed by atoms with Crippen LogP contribution in [-0.4, -0.2) is 15.0 Å². The SMILES string of the molecule is C=CC1=CCc2cc(-c3ccccn3)ccc2O1.C=CC1=CCc2cc(-c3ccccn3)ccc2O1.CC(C)c1ccc2oc3c[c-]c(-c4ccccn4)cc3c(=O)c2c1.[Ir]. The van der Waals surface area contributed by atoms with Crippen LogP contribution in [0, 0.1) is 6.07 Å². The summed E-state index contributed by atoms with van der Waals surface area (Å²) < 4.78 is 17.3. The second-order valence-electron chi connectivity index (χ2n) is 14.5. The number of hydrogen-bond acceptors (Lipinski definition) is 7. The molecule has 0 amide bonds. The van der Waals surface area contributed by atoms with Gasteiger partial charge < -0.3 is 18.9 Å². The molecule has 0 fully saturated rings. The molecule has 8 heteroatoms. The summed E-state index contributed by atoms with van der Waals surface area (Å²) in [5, 5.41) is 1.18. The van der Waals surface area contributed by atoms with Gasteiger partial charge in [-0.05, 0) is 150 Å². The van der Waals surface area contributed by atoms with Gasteiger partial charge in [-0.25, -0.2) is 0 Å². The molecule has 1 radical (unpaired) electrons. The molecular weight excluding hydrogens is 935 g/mol. The Morgan fingerprint density at radius 3 is 1.64 bits per heavy atom. The molecule has 0 atom stereocenters. The van der Waals surface area contributed by atoms with Crippen LogP contribution in [0.3, 0.4) is 0 Å². The van der Waals surface area contributed by atoms with E-state index in [1.165, 1.54) is 11.1 Å². The molecule has 7 nitrogen and oxygen atoms in total. The first-order valence-electron chi connectivity index (χ1n) is 19.8. The number of fused-ring (bicyclic) bond motifs is 4. The molecule has 8 aromatic rings. The van der Waals surface area contributed by atoms with Crippen molar-refractivity contribution in [1.82, 2.24) is 15.0 Å². The fourth-order valence-corrected chi connectivity index (χ4v) is 6.92. The summed E-state index contributed by atoms with van der Waals surface area (Å²) in [5.41, 5.74) is 10.4. The maximum Gasteiger partial charge on any atom is 0.182 e. The standard InChI is InChI=1S/C21H16NO2.2C16H13NO.Ir/c1-13(2)14-6-8-19-16(11-14)21(23)17-12-15(7-9-20(17)24-19)18-5-3-4-10-22-18;2*1-2-14-8-6-13-11-12(7-9-16(13)18-14)15-5-3-4-10-17-15;/h3-6,8-13H,1-2H3;2*2-5,7-11H,1,6H2;/q-1;;;. The molecule has 10 rings (SSSR count). The van der Waals surface area contributed by atoms with Crippen LogP contribution in [0.15, 0.2) is 198 Å². The van der Waals surface area contributed by atoms with Gasteiger partial charge in [0.05, 0.1) is 22.4 Å². The summed E-state index contributed by atoms with van der Waals surface area (Å²) in [5.74, 6) is 3.83. The molecule has 2 aliphatic heterocycles. The number of aromatic nitrogens is 3. The Balaban J connectivity index is 0.000000139. The minimum Gasteiger partial charge on any atom is -0.500 e. The molecule has 0 N–H and O–H groups in total. The normalized spacial score (nSPS) is 12.3. The van der Waals surface area contributed by atoms with E-state index in [9.17, 15) is 4.79 Å². The predicted octanol–water partition coefficient (Wildman–Crippen LogP) is 12.4. The first-order chi connectivity index (χ1) is 29.4. The molecule has 4 aromatic heterocycles. The second-order valence-corrected chi connectivity index (χ2v) is 14.5. The third-order valence-corrected chi connectivity index (χ3v) is 10.2. The van der Waals surface area contributed by atoms with Gasteiger partial charge in [0.15, 0.2) is 5.43 Å². The Morgan fingerprint density at radius 2 is 1.15 bits per heavy atom. The van der Waals surface area contributed by atoms with Gasteiger partial charge in [-0.15, -0.1) is 23.8 Å². The number of ether oxygens (including phenoxy) is 2. The van der Waals surface area contributed by atoms with Crippen molar-refractivity contribution >= 4 is 21.9 Å². The van der Waals surface area contributed by atoms with Gasteiger partial charge in [0.25, 0.3) is 0 Å². The summed E-state index contributed by atoms with van der Waals surface area (Å²) in [6.45, 7) is 11.7. The average molecular weight is 977 g/mol. The molecule has 61 heavy (non-hydrogen) atoms. The van der Waals surface area contributed by atoms with Crippen molar-refractivity contribution in [2.75, 3.05) is 0 Å². The maximum atomic E-state index is 13.0. The van der Waals surface area contributed by atoms with Crippen LogP contribution in [0.25, 0.3) is 55.7 Å². The van der Waals surface area contributed by atoms with Crippen molar-refractivity contribution in [2.45, 2.75) is 32.6 Å². The number of pyridine rings is 3. The smallest absolute Gasteiger partial charge is 0.182 e. The third kappa shape index (κ3) is 9.74. The second kappa shape index (κ2) is 19.4. The van der Waals surface area contributed by atoms with Gasteiger partial charge >= 0.3 is 0 Å². The summed E-state index contributed by atoms with van der Waals surface area (Å²) >= 11 is 0. The van der Waals surface area contributed by atoms with Gasteiger partial charge in [0.2, 0.25) is 0 Å². The molecule has 0 unspecified atom stereocenters. The molecule has 0 aliphatic carbocycles.